The molecule has 4 aromatic rings. The first-order valence-electron chi connectivity index (χ1n) is 11.7. The van der Waals surface area contributed by atoms with Crippen LogP contribution in [0.2, 0.25) is 0 Å². The number of anilines is 1. The van der Waals surface area contributed by atoms with Gasteiger partial charge in [0.1, 0.15) is 17.9 Å². The quantitative estimate of drug-likeness (QED) is 0.398. The Hall–Kier alpha value is -4.04. The van der Waals surface area contributed by atoms with Crippen LogP contribution in [0.25, 0.3) is 11.0 Å². The summed E-state index contributed by atoms with van der Waals surface area (Å²) >= 11 is 1.69. The van der Waals surface area contributed by atoms with E-state index in [-0.39, 0.29) is 18.5 Å². The van der Waals surface area contributed by atoms with Gasteiger partial charge in [-0.2, -0.15) is 0 Å². The Morgan fingerprint density at radius 2 is 1.75 bits per heavy atom. The zero-order valence-corrected chi connectivity index (χ0v) is 20.3. The summed E-state index contributed by atoms with van der Waals surface area (Å²) in [4.78, 5) is 44.0. The van der Waals surface area contributed by atoms with Crippen LogP contribution in [0, 0.1) is 0 Å². The van der Waals surface area contributed by atoms with Crippen molar-refractivity contribution in [1.82, 2.24) is 10.2 Å². The fourth-order valence-corrected chi connectivity index (χ4v) is 6.03. The van der Waals surface area contributed by atoms with Crippen molar-refractivity contribution in [3.05, 3.63) is 96.3 Å². The Morgan fingerprint density at radius 3 is 2.56 bits per heavy atom. The van der Waals surface area contributed by atoms with Crippen molar-refractivity contribution in [1.29, 1.82) is 0 Å². The van der Waals surface area contributed by atoms with E-state index in [0.29, 0.717) is 17.1 Å². The van der Waals surface area contributed by atoms with Crippen LogP contribution in [0.5, 0.6) is 0 Å². The molecule has 3 heterocycles. The topological polar surface area (TPSA) is 82.9 Å². The molecule has 0 spiro atoms. The molecule has 0 saturated carbocycles. The lowest BCUT2D eigenvalue weighted by atomic mass is 9.99. The second kappa shape index (κ2) is 8.57. The maximum atomic E-state index is 13.8. The monoisotopic (exact) mass is 497 g/mol. The summed E-state index contributed by atoms with van der Waals surface area (Å²) in [6.45, 7) is 1.23. The average Bonchev–Trinajstić information content (AvgIpc) is 3.44. The molecular formula is C28H23N3O4S. The lowest BCUT2D eigenvalue weighted by molar-refractivity contribution is -0.134. The molecule has 1 N–H and O–H groups in total. The Morgan fingerprint density at radius 1 is 1.03 bits per heavy atom. The smallest absolute Gasteiger partial charge is 0.325 e. The maximum absolute atomic E-state index is 13.8. The lowest BCUT2D eigenvalue weighted by Gasteiger charge is -2.37. The number of furan rings is 1. The number of carbonyl (C=O) groups is 3. The minimum Gasteiger partial charge on any atom is -0.458 e. The highest BCUT2D eigenvalue weighted by Gasteiger charge is 2.52. The molecule has 0 aliphatic carbocycles. The van der Waals surface area contributed by atoms with Gasteiger partial charge in [-0.3, -0.25) is 14.5 Å². The Kier molecular flexibility index (Phi) is 5.34. The number of imide groups is 1. The van der Waals surface area contributed by atoms with Crippen LogP contribution in [0.4, 0.5) is 10.5 Å². The SMILES string of the molecule is C[C@@]1(c2cc3ccccc3o2)NC(=O)N(CC(=O)N2c3ccccc3SC[C@@H]2c2ccccc2)C1=O. The zero-order valence-electron chi connectivity index (χ0n) is 19.5. The van der Waals surface area contributed by atoms with Crippen molar-refractivity contribution >= 4 is 46.3 Å². The molecule has 0 bridgehead atoms. The minimum atomic E-state index is -1.40. The van der Waals surface area contributed by atoms with Crippen LogP contribution in [-0.2, 0) is 15.1 Å². The molecule has 7 nitrogen and oxygen atoms in total. The second-order valence-corrected chi connectivity index (χ2v) is 10.1. The van der Waals surface area contributed by atoms with Crippen molar-refractivity contribution in [2.24, 2.45) is 0 Å². The van der Waals surface area contributed by atoms with Gasteiger partial charge in [0.15, 0.2) is 5.54 Å². The largest absolute Gasteiger partial charge is 0.458 e. The van der Waals surface area contributed by atoms with Crippen molar-refractivity contribution in [3.63, 3.8) is 0 Å². The highest BCUT2D eigenvalue weighted by atomic mass is 32.2. The summed E-state index contributed by atoms with van der Waals surface area (Å²) in [6.07, 6.45) is 0. The number of amides is 4. The van der Waals surface area contributed by atoms with E-state index in [9.17, 15) is 14.4 Å². The van der Waals surface area contributed by atoms with Gasteiger partial charge in [0.2, 0.25) is 5.91 Å². The lowest BCUT2D eigenvalue weighted by Crippen LogP contribution is -2.47. The van der Waals surface area contributed by atoms with Gasteiger partial charge in [-0.15, -0.1) is 11.8 Å². The molecule has 3 aromatic carbocycles. The van der Waals surface area contributed by atoms with E-state index in [0.717, 1.165) is 26.4 Å². The number of hydrogen-bond donors (Lipinski definition) is 1. The molecule has 0 unspecified atom stereocenters. The summed E-state index contributed by atoms with van der Waals surface area (Å²) < 4.78 is 5.90. The fraction of sp³-hybridized carbons (Fsp3) is 0.179. The van der Waals surface area contributed by atoms with Crippen molar-refractivity contribution in [2.45, 2.75) is 23.4 Å². The van der Waals surface area contributed by atoms with Crippen LogP contribution in [0.3, 0.4) is 0 Å². The van der Waals surface area contributed by atoms with E-state index < -0.39 is 17.5 Å². The number of nitrogens with zero attached hydrogens (tertiary/aromatic N) is 2. The van der Waals surface area contributed by atoms with E-state index in [4.69, 9.17) is 4.42 Å². The zero-order chi connectivity index (χ0) is 24.9. The highest BCUT2D eigenvalue weighted by Crippen LogP contribution is 2.43. The van der Waals surface area contributed by atoms with Gasteiger partial charge >= 0.3 is 6.03 Å². The van der Waals surface area contributed by atoms with Gasteiger partial charge in [-0.1, -0.05) is 60.7 Å². The molecule has 0 radical (unpaired) electrons. The fourth-order valence-electron chi connectivity index (χ4n) is 4.87. The molecular weight excluding hydrogens is 474 g/mol. The van der Waals surface area contributed by atoms with Gasteiger partial charge in [-0.25, -0.2) is 4.79 Å². The van der Waals surface area contributed by atoms with E-state index in [1.165, 1.54) is 0 Å². The number of para-hydroxylation sites is 2. The maximum Gasteiger partial charge on any atom is 0.325 e. The van der Waals surface area contributed by atoms with Gasteiger partial charge in [0.25, 0.3) is 5.91 Å². The van der Waals surface area contributed by atoms with Gasteiger partial charge in [0.05, 0.1) is 11.7 Å². The summed E-state index contributed by atoms with van der Waals surface area (Å²) in [6, 6.07) is 25.8. The molecule has 1 fully saturated rings. The number of rotatable bonds is 4. The van der Waals surface area contributed by atoms with Crippen LogP contribution in [0.15, 0.2) is 94.2 Å². The highest BCUT2D eigenvalue weighted by molar-refractivity contribution is 7.99. The minimum absolute atomic E-state index is 0.221. The van der Waals surface area contributed by atoms with Crippen molar-refractivity contribution < 1.29 is 18.8 Å². The molecule has 6 rings (SSSR count). The summed E-state index contributed by atoms with van der Waals surface area (Å²) in [5.74, 6) is 0.160. The third-order valence-corrected chi connectivity index (χ3v) is 7.91. The number of urea groups is 1. The number of nitrogens with one attached hydrogen (secondary N) is 1. The number of hydrogen-bond acceptors (Lipinski definition) is 5. The Labute approximate surface area is 212 Å². The normalized spacial score (nSPS) is 21.5. The molecule has 2 aliphatic rings. The number of fused-ring (bicyclic) bond motifs is 2. The second-order valence-electron chi connectivity index (χ2n) is 9.06. The third kappa shape index (κ3) is 3.56. The first kappa shape index (κ1) is 22.4. The van der Waals surface area contributed by atoms with Gasteiger partial charge in [0, 0.05) is 16.0 Å². The summed E-state index contributed by atoms with van der Waals surface area (Å²) in [7, 11) is 0. The first-order valence-corrected chi connectivity index (χ1v) is 12.7. The standard InChI is InChI=1S/C28H23N3O4S/c1-28(24-15-19-11-5-7-13-22(19)35-24)26(33)30(27(34)29-28)16-25(32)31-20-12-6-8-14-23(20)36-17-21(31)18-9-3-2-4-10-18/h2-15,21H,16-17H2,1H3,(H,29,34)/t21-,28+/m1/s1. The number of carbonyl (C=O) groups excluding carboxylic acids is 3. The molecule has 2 atom stereocenters. The van der Waals surface area contributed by atoms with Gasteiger partial charge < -0.3 is 14.6 Å². The summed E-state index contributed by atoms with van der Waals surface area (Å²) in [5.41, 5.74) is 1.00. The molecule has 180 valence electrons. The molecule has 4 amide bonds. The average molecular weight is 498 g/mol. The van der Waals surface area contributed by atoms with Gasteiger partial charge in [-0.05, 0) is 36.8 Å². The molecule has 1 aromatic heterocycles. The van der Waals surface area contributed by atoms with Crippen LogP contribution < -0.4 is 10.2 Å². The van der Waals surface area contributed by atoms with Crippen molar-refractivity contribution in [2.75, 3.05) is 17.2 Å². The Bertz CT molecular complexity index is 1470. The molecule has 36 heavy (non-hydrogen) atoms. The Balaban J connectivity index is 1.32. The number of thioether (sulfide) groups is 1. The molecule has 8 heteroatoms. The molecule has 2 aliphatic heterocycles. The van der Waals surface area contributed by atoms with Crippen LogP contribution in [0.1, 0.15) is 24.3 Å². The van der Waals surface area contributed by atoms with Crippen LogP contribution >= 0.6 is 11.8 Å². The van der Waals surface area contributed by atoms with E-state index in [1.54, 1.807) is 35.7 Å². The van der Waals surface area contributed by atoms with E-state index in [2.05, 4.69) is 5.32 Å². The van der Waals surface area contributed by atoms with E-state index in [1.807, 2.05) is 72.8 Å². The van der Waals surface area contributed by atoms with Crippen LogP contribution in [-0.4, -0.2) is 35.0 Å². The summed E-state index contributed by atoms with van der Waals surface area (Å²) in [5, 5.41) is 3.58. The van der Waals surface area contributed by atoms with Crippen molar-refractivity contribution in [3.8, 4) is 0 Å². The van der Waals surface area contributed by atoms with E-state index >= 15 is 0 Å². The number of benzene rings is 3. The first-order chi connectivity index (χ1) is 17.5. The third-order valence-electron chi connectivity index (χ3n) is 6.77. The predicted molar refractivity (Wildman–Crippen MR) is 138 cm³/mol. The predicted octanol–water partition coefficient (Wildman–Crippen LogP) is 5.08. The molecule has 1 saturated heterocycles.